The van der Waals surface area contributed by atoms with E-state index in [1.807, 2.05) is 0 Å². The van der Waals surface area contributed by atoms with Crippen molar-refractivity contribution >= 4 is 26.9 Å². The molecule has 1 atom stereocenters. The highest BCUT2D eigenvalue weighted by atomic mass is 32.2. The Morgan fingerprint density at radius 1 is 1.14 bits per heavy atom. The molecule has 0 bridgehead atoms. The zero-order chi connectivity index (χ0) is 25.9. The maximum absolute atomic E-state index is 12.6. The van der Waals surface area contributed by atoms with Gasteiger partial charge in [-0.1, -0.05) is 0 Å². The monoisotopic (exact) mass is 521 g/mol. The van der Waals surface area contributed by atoms with Crippen molar-refractivity contribution in [1.29, 1.82) is 0 Å². The van der Waals surface area contributed by atoms with Gasteiger partial charge in [-0.15, -0.1) is 13.2 Å². The Kier molecular flexibility index (Phi) is 6.90. The number of halogens is 3. The Bertz CT molecular complexity index is 1460. The van der Waals surface area contributed by atoms with E-state index in [-0.39, 0.29) is 17.4 Å². The summed E-state index contributed by atoms with van der Waals surface area (Å²) in [6.07, 6.45) is -0.646. The van der Waals surface area contributed by atoms with Gasteiger partial charge in [-0.3, -0.25) is 9.78 Å². The van der Waals surface area contributed by atoms with Crippen LogP contribution in [0.5, 0.6) is 5.75 Å². The summed E-state index contributed by atoms with van der Waals surface area (Å²) >= 11 is 0. The van der Waals surface area contributed by atoms with Crippen LogP contribution in [-0.2, 0) is 21.4 Å². The second-order valence-corrected chi connectivity index (χ2v) is 9.15. The summed E-state index contributed by atoms with van der Waals surface area (Å²) in [5.74, 6) is -0.992. The number of benzene rings is 1. The summed E-state index contributed by atoms with van der Waals surface area (Å²) in [6.45, 7) is 1.32. The van der Waals surface area contributed by atoms with E-state index in [4.69, 9.17) is 4.42 Å². The van der Waals surface area contributed by atoms with Gasteiger partial charge in [0.2, 0.25) is 11.0 Å². The van der Waals surface area contributed by atoms with E-state index in [0.29, 0.717) is 27.9 Å². The van der Waals surface area contributed by atoms with Crippen molar-refractivity contribution in [3.8, 4) is 17.0 Å². The summed E-state index contributed by atoms with van der Waals surface area (Å²) in [4.78, 5) is 24.5. The predicted molar refractivity (Wildman–Crippen MR) is 120 cm³/mol. The highest BCUT2D eigenvalue weighted by Gasteiger charge is 2.31. The van der Waals surface area contributed by atoms with Crippen LogP contribution in [0.3, 0.4) is 0 Å². The smallest absolute Gasteiger partial charge is 0.443 e. The number of hydrogen-bond donors (Lipinski definition) is 2. The summed E-state index contributed by atoms with van der Waals surface area (Å²) in [6, 6.07) is 8.33. The van der Waals surface area contributed by atoms with Crippen LogP contribution in [0.2, 0.25) is 0 Å². The number of amides is 1. The minimum absolute atomic E-state index is 0.0496. The van der Waals surface area contributed by atoms with E-state index in [9.17, 15) is 26.4 Å². The first-order valence-electron chi connectivity index (χ1n) is 10.3. The molecular formula is C22H18F3N5O5S. The van der Waals surface area contributed by atoms with Crippen LogP contribution < -0.4 is 14.8 Å². The van der Waals surface area contributed by atoms with E-state index >= 15 is 0 Å². The second-order valence-electron chi connectivity index (χ2n) is 7.51. The van der Waals surface area contributed by atoms with Crippen LogP contribution >= 0.6 is 0 Å². The second kappa shape index (κ2) is 9.91. The van der Waals surface area contributed by atoms with Crippen LogP contribution in [0, 0.1) is 0 Å². The number of rotatable bonds is 8. The van der Waals surface area contributed by atoms with Crippen LogP contribution in [0.25, 0.3) is 22.2 Å². The number of hydrogen-bond acceptors (Lipinski definition) is 8. The third kappa shape index (κ3) is 6.14. The van der Waals surface area contributed by atoms with Gasteiger partial charge in [-0.05, 0) is 43.3 Å². The zero-order valence-electron chi connectivity index (χ0n) is 18.5. The number of nitrogens with zero attached hydrogens (tertiary/aromatic N) is 3. The quantitative estimate of drug-likeness (QED) is 0.361. The van der Waals surface area contributed by atoms with Gasteiger partial charge in [0, 0.05) is 29.4 Å². The number of carbonyl (C=O) groups excluding carboxylic acids is 1. The lowest BCUT2D eigenvalue weighted by molar-refractivity contribution is -0.274. The van der Waals surface area contributed by atoms with Crippen molar-refractivity contribution in [2.75, 3.05) is 0 Å². The van der Waals surface area contributed by atoms with Gasteiger partial charge in [0.1, 0.15) is 17.7 Å². The number of furan rings is 1. The van der Waals surface area contributed by atoms with Gasteiger partial charge in [-0.25, -0.2) is 18.4 Å². The Labute approximate surface area is 202 Å². The van der Waals surface area contributed by atoms with Crippen molar-refractivity contribution in [3.63, 3.8) is 0 Å². The maximum atomic E-state index is 12.6. The van der Waals surface area contributed by atoms with Crippen LogP contribution in [0.1, 0.15) is 12.6 Å². The Balaban J connectivity index is 1.37. The molecule has 0 unspecified atom stereocenters. The molecule has 3 heterocycles. The molecule has 0 fully saturated rings. The molecule has 0 radical (unpaired) electrons. The van der Waals surface area contributed by atoms with E-state index in [2.05, 4.69) is 29.7 Å². The molecular weight excluding hydrogens is 503 g/mol. The number of nitrogens with one attached hydrogen (secondary N) is 2. The summed E-state index contributed by atoms with van der Waals surface area (Å²) in [5, 5.41) is 2.72. The molecule has 1 aromatic carbocycles. The van der Waals surface area contributed by atoms with Crippen molar-refractivity contribution < 1.29 is 35.5 Å². The van der Waals surface area contributed by atoms with Gasteiger partial charge in [0.05, 0.1) is 24.0 Å². The van der Waals surface area contributed by atoms with Crippen molar-refractivity contribution in [1.82, 2.24) is 25.0 Å². The number of ether oxygens (including phenoxy) is 1. The molecule has 0 aliphatic carbocycles. The summed E-state index contributed by atoms with van der Waals surface area (Å²) in [7, 11) is -4.12. The molecule has 0 aliphatic rings. The van der Waals surface area contributed by atoms with Crippen LogP contribution in [-0.4, -0.2) is 41.7 Å². The molecule has 4 aromatic rings. The van der Waals surface area contributed by atoms with Gasteiger partial charge < -0.3 is 14.5 Å². The largest absolute Gasteiger partial charge is 0.573 e. The van der Waals surface area contributed by atoms with Crippen molar-refractivity contribution in [2.45, 2.75) is 31.0 Å². The topological polar surface area (TPSA) is 136 Å². The molecule has 0 spiro atoms. The molecule has 10 nitrogen and oxygen atoms in total. The zero-order valence-corrected chi connectivity index (χ0v) is 19.3. The Morgan fingerprint density at radius 2 is 1.89 bits per heavy atom. The lowest BCUT2D eigenvalue weighted by atomic mass is 10.1. The first kappa shape index (κ1) is 25.1. The van der Waals surface area contributed by atoms with E-state index in [1.54, 1.807) is 0 Å². The Hall–Kier alpha value is -4.04. The van der Waals surface area contributed by atoms with Gasteiger partial charge in [-0.2, -0.15) is 4.72 Å². The van der Waals surface area contributed by atoms with Crippen molar-refractivity contribution in [2.24, 2.45) is 0 Å². The lowest BCUT2D eigenvalue weighted by Gasteiger charge is -2.13. The summed E-state index contributed by atoms with van der Waals surface area (Å²) in [5.41, 5.74) is 1.64. The number of sulfonamides is 1. The molecule has 0 saturated carbocycles. The van der Waals surface area contributed by atoms with Crippen molar-refractivity contribution in [3.05, 3.63) is 66.9 Å². The van der Waals surface area contributed by atoms with E-state index < -0.39 is 28.3 Å². The molecule has 0 saturated heterocycles. The average molecular weight is 521 g/mol. The first-order valence-corrected chi connectivity index (χ1v) is 11.8. The molecule has 1 amide bonds. The average Bonchev–Trinajstić information content (AvgIpc) is 3.27. The minimum atomic E-state index is -4.79. The normalized spacial score (nSPS) is 12.9. The van der Waals surface area contributed by atoms with Gasteiger partial charge in [0.15, 0.2) is 0 Å². The van der Waals surface area contributed by atoms with Gasteiger partial charge >= 0.3 is 6.36 Å². The highest BCUT2D eigenvalue weighted by molar-refractivity contribution is 7.89. The molecule has 4 rings (SSSR count). The fourth-order valence-electron chi connectivity index (χ4n) is 3.15. The molecule has 2 N–H and O–H groups in total. The van der Waals surface area contributed by atoms with Crippen LogP contribution in [0.4, 0.5) is 13.2 Å². The number of carbonyl (C=O) groups is 1. The van der Waals surface area contributed by atoms with Gasteiger partial charge in [0.25, 0.3) is 10.0 Å². The fourth-order valence-corrected chi connectivity index (χ4v) is 4.32. The molecule has 36 heavy (non-hydrogen) atoms. The number of fused-ring (bicyclic) bond motifs is 1. The number of alkyl halides is 3. The third-order valence-corrected chi connectivity index (χ3v) is 6.23. The Morgan fingerprint density at radius 3 is 2.58 bits per heavy atom. The van der Waals surface area contributed by atoms with E-state index in [0.717, 1.165) is 12.1 Å². The first-order chi connectivity index (χ1) is 17.0. The maximum Gasteiger partial charge on any atom is 0.573 e. The van der Waals surface area contributed by atoms with E-state index in [1.165, 1.54) is 56.0 Å². The number of pyridine rings is 1. The molecule has 0 aliphatic heterocycles. The predicted octanol–water partition coefficient (Wildman–Crippen LogP) is 3.17. The molecule has 188 valence electrons. The molecule has 14 heteroatoms. The SMILES string of the molecule is C[C@H](NS(=O)(=O)c1cc2cnccc2o1)C(=O)NCc1cc(-c2ccc(OC(F)(F)F)cc2)ncn1. The molecule has 3 aromatic heterocycles. The van der Waals surface area contributed by atoms with Crippen LogP contribution in [0.15, 0.2) is 70.7 Å². The summed E-state index contributed by atoms with van der Waals surface area (Å²) < 4.78 is 73.6. The lowest BCUT2D eigenvalue weighted by Crippen LogP contribution is -2.44. The third-order valence-electron chi connectivity index (χ3n) is 4.84. The minimum Gasteiger partial charge on any atom is -0.443 e. The standard InChI is InChI=1S/C22H18F3N5O5S/c1-13(30-36(32,33)20-8-15-10-26-7-6-19(15)34-20)21(31)27-11-16-9-18(29-12-28-16)14-2-4-17(5-3-14)35-22(23,24)25/h2-10,12-13,30H,11H2,1H3,(H,27,31)/t13-/m0/s1. The number of aromatic nitrogens is 3. The highest BCUT2D eigenvalue weighted by Crippen LogP contribution is 2.26. The fraction of sp³-hybridized carbons (Fsp3) is 0.182.